The fourth-order valence-corrected chi connectivity index (χ4v) is 3.92. The molecule has 0 aliphatic carbocycles. The summed E-state index contributed by atoms with van der Waals surface area (Å²) in [6, 6.07) is 19.8. The number of ketones is 1. The number of aromatic nitrogens is 1. The summed E-state index contributed by atoms with van der Waals surface area (Å²) in [4.78, 5) is 17.2. The van der Waals surface area contributed by atoms with Crippen LogP contribution in [0.25, 0.3) is 21.9 Å². The van der Waals surface area contributed by atoms with Gasteiger partial charge in [0.05, 0.1) is 5.56 Å². The molecular formula is C27H23F3N2O. The first-order valence-electron chi connectivity index (χ1n) is 10.7. The third-order valence-electron chi connectivity index (χ3n) is 5.84. The average Bonchev–Trinajstić information content (AvgIpc) is 2.81. The van der Waals surface area contributed by atoms with Crippen molar-refractivity contribution in [2.24, 2.45) is 0 Å². The summed E-state index contributed by atoms with van der Waals surface area (Å²) in [5.74, 6) is 0.136. The fourth-order valence-electron chi connectivity index (χ4n) is 3.92. The van der Waals surface area contributed by atoms with Crippen LogP contribution in [0.15, 0.2) is 79.0 Å². The maximum Gasteiger partial charge on any atom is 0.416 e. The number of Topliss-reactive ketones (excluding diaryl/α,β-unsaturated/α-hetero) is 1. The first-order chi connectivity index (χ1) is 15.7. The summed E-state index contributed by atoms with van der Waals surface area (Å²) in [5.41, 5.74) is 8.78. The second-order valence-electron chi connectivity index (χ2n) is 8.19. The molecule has 0 saturated carbocycles. The molecule has 1 aromatic heterocycles. The predicted molar refractivity (Wildman–Crippen MR) is 125 cm³/mol. The van der Waals surface area contributed by atoms with Crippen LogP contribution in [0.2, 0.25) is 0 Å². The normalized spacial score (nSPS) is 12.6. The second kappa shape index (κ2) is 9.06. The van der Waals surface area contributed by atoms with Crippen LogP contribution in [-0.4, -0.2) is 10.8 Å². The van der Waals surface area contributed by atoms with Gasteiger partial charge in [0.15, 0.2) is 5.78 Å². The molecule has 4 aromatic rings. The van der Waals surface area contributed by atoms with Gasteiger partial charge in [-0.2, -0.15) is 13.2 Å². The van der Waals surface area contributed by atoms with E-state index < -0.39 is 11.7 Å². The molecule has 3 aromatic carbocycles. The zero-order valence-electron chi connectivity index (χ0n) is 18.1. The van der Waals surface area contributed by atoms with Crippen molar-refractivity contribution in [1.29, 1.82) is 0 Å². The van der Waals surface area contributed by atoms with Crippen molar-refractivity contribution in [3.05, 3.63) is 95.8 Å². The molecule has 4 rings (SSSR count). The summed E-state index contributed by atoms with van der Waals surface area (Å²) >= 11 is 0. The number of nitrogen functional groups attached to an aromatic ring is 1. The first-order valence-corrected chi connectivity index (χ1v) is 10.7. The van der Waals surface area contributed by atoms with E-state index in [4.69, 9.17) is 5.73 Å². The Hall–Kier alpha value is -3.67. The van der Waals surface area contributed by atoms with Gasteiger partial charge in [0.25, 0.3) is 0 Å². The number of carbonyl (C=O) groups excluding carboxylic acids is 1. The van der Waals surface area contributed by atoms with Crippen molar-refractivity contribution in [2.75, 3.05) is 5.73 Å². The van der Waals surface area contributed by atoms with Gasteiger partial charge in [-0.1, -0.05) is 49.4 Å². The standard InChI is InChI=1S/C27H23F3N2O/c1-17(25-16-22(31)13-14-32-25)5-12-26(33)20-8-11-24-19(15-20)3-2-4-23(24)18-6-9-21(10-7-18)27(28,29)30/h2-4,6-11,13-17H,5,12H2,1H3,(H2,31,32)/t17-/m1/s1. The third kappa shape index (κ3) is 5.06. The van der Waals surface area contributed by atoms with Crippen molar-refractivity contribution in [3.8, 4) is 11.1 Å². The molecule has 1 atom stereocenters. The molecule has 168 valence electrons. The van der Waals surface area contributed by atoms with Gasteiger partial charge in [0, 0.05) is 29.6 Å². The van der Waals surface area contributed by atoms with E-state index in [9.17, 15) is 18.0 Å². The molecule has 0 amide bonds. The van der Waals surface area contributed by atoms with Gasteiger partial charge in [0.2, 0.25) is 0 Å². The average molecular weight is 448 g/mol. The van der Waals surface area contributed by atoms with Gasteiger partial charge in [0.1, 0.15) is 0 Å². The Labute approximate surface area is 190 Å². The molecule has 0 spiro atoms. The molecule has 0 radical (unpaired) electrons. The second-order valence-corrected chi connectivity index (χ2v) is 8.19. The molecule has 0 saturated heterocycles. The number of fused-ring (bicyclic) bond motifs is 1. The van der Waals surface area contributed by atoms with E-state index in [1.165, 1.54) is 12.1 Å². The summed E-state index contributed by atoms with van der Waals surface area (Å²) in [7, 11) is 0. The molecule has 0 fully saturated rings. The van der Waals surface area contributed by atoms with Crippen LogP contribution in [0.1, 0.15) is 47.3 Å². The zero-order valence-corrected chi connectivity index (χ0v) is 18.1. The van der Waals surface area contributed by atoms with E-state index in [-0.39, 0.29) is 11.7 Å². The highest BCUT2D eigenvalue weighted by atomic mass is 19.4. The van der Waals surface area contributed by atoms with Crippen LogP contribution in [0, 0.1) is 0 Å². The van der Waals surface area contributed by atoms with Crippen molar-refractivity contribution < 1.29 is 18.0 Å². The van der Waals surface area contributed by atoms with E-state index in [1.54, 1.807) is 18.3 Å². The minimum atomic E-state index is -4.37. The molecule has 0 unspecified atom stereocenters. The quantitative estimate of drug-likeness (QED) is 0.316. The van der Waals surface area contributed by atoms with E-state index in [0.29, 0.717) is 29.7 Å². The number of hydrogen-bond donors (Lipinski definition) is 1. The van der Waals surface area contributed by atoms with Crippen molar-refractivity contribution in [3.63, 3.8) is 0 Å². The van der Waals surface area contributed by atoms with Gasteiger partial charge in [-0.25, -0.2) is 0 Å². The smallest absolute Gasteiger partial charge is 0.399 e. The van der Waals surface area contributed by atoms with Crippen molar-refractivity contribution in [2.45, 2.75) is 31.9 Å². The predicted octanol–water partition coefficient (Wildman–Crippen LogP) is 7.27. The zero-order chi connectivity index (χ0) is 23.6. The Morgan fingerprint density at radius 1 is 1.00 bits per heavy atom. The minimum absolute atomic E-state index is 0.0348. The lowest BCUT2D eigenvalue weighted by Crippen LogP contribution is -2.04. The van der Waals surface area contributed by atoms with Crippen LogP contribution in [-0.2, 0) is 6.18 Å². The minimum Gasteiger partial charge on any atom is -0.399 e. The van der Waals surface area contributed by atoms with Gasteiger partial charge >= 0.3 is 6.18 Å². The number of rotatable bonds is 6. The van der Waals surface area contributed by atoms with E-state index in [0.717, 1.165) is 34.2 Å². The lowest BCUT2D eigenvalue weighted by molar-refractivity contribution is -0.137. The molecule has 0 bridgehead atoms. The first kappa shape index (κ1) is 22.5. The largest absolute Gasteiger partial charge is 0.416 e. The van der Waals surface area contributed by atoms with Crippen LogP contribution >= 0.6 is 0 Å². The van der Waals surface area contributed by atoms with Crippen molar-refractivity contribution >= 4 is 22.2 Å². The highest BCUT2D eigenvalue weighted by Gasteiger charge is 2.30. The van der Waals surface area contributed by atoms with Gasteiger partial charge in [-0.15, -0.1) is 0 Å². The summed E-state index contributed by atoms with van der Waals surface area (Å²) in [5, 5.41) is 1.75. The lowest BCUT2D eigenvalue weighted by atomic mass is 9.93. The lowest BCUT2D eigenvalue weighted by Gasteiger charge is -2.12. The molecule has 6 heteroatoms. The molecule has 33 heavy (non-hydrogen) atoms. The Morgan fingerprint density at radius 3 is 2.45 bits per heavy atom. The summed E-state index contributed by atoms with van der Waals surface area (Å²) in [6.07, 6.45) is -1.67. The Kier molecular flexibility index (Phi) is 6.18. The number of pyridine rings is 1. The maximum absolute atomic E-state index is 12.9. The number of hydrogen-bond acceptors (Lipinski definition) is 3. The Morgan fingerprint density at radius 2 is 1.76 bits per heavy atom. The number of carbonyl (C=O) groups is 1. The number of nitrogens with two attached hydrogens (primary N) is 1. The molecule has 0 aliphatic rings. The monoisotopic (exact) mass is 448 g/mol. The summed E-state index contributed by atoms with van der Waals surface area (Å²) in [6.45, 7) is 2.02. The maximum atomic E-state index is 12.9. The SMILES string of the molecule is C[C@H](CCC(=O)c1ccc2c(-c3ccc(C(F)(F)F)cc3)cccc2c1)c1cc(N)ccn1. The van der Waals surface area contributed by atoms with Gasteiger partial charge in [-0.3, -0.25) is 9.78 Å². The number of benzene rings is 3. The highest BCUT2D eigenvalue weighted by Crippen LogP contribution is 2.34. The summed E-state index contributed by atoms with van der Waals surface area (Å²) < 4.78 is 38.6. The fraction of sp³-hybridized carbons (Fsp3) is 0.185. The van der Waals surface area contributed by atoms with Gasteiger partial charge < -0.3 is 5.73 Å². The van der Waals surface area contributed by atoms with Crippen LogP contribution in [0.3, 0.4) is 0 Å². The molecule has 0 aliphatic heterocycles. The Bertz CT molecular complexity index is 1300. The van der Waals surface area contributed by atoms with E-state index in [1.807, 2.05) is 43.3 Å². The van der Waals surface area contributed by atoms with E-state index >= 15 is 0 Å². The molecule has 3 nitrogen and oxygen atoms in total. The van der Waals surface area contributed by atoms with Crippen LogP contribution in [0.4, 0.5) is 18.9 Å². The van der Waals surface area contributed by atoms with Crippen LogP contribution < -0.4 is 5.73 Å². The number of halogens is 3. The number of anilines is 1. The topological polar surface area (TPSA) is 56.0 Å². The third-order valence-corrected chi connectivity index (χ3v) is 5.84. The number of nitrogens with zero attached hydrogens (tertiary/aromatic N) is 1. The molecule has 2 N–H and O–H groups in total. The van der Waals surface area contributed by atoms with Crippen LogP contribution in [0.5, 0.6) is 0 Å². The number of alkyl halides is 3. The van der Waals surface area contributed by atoms with E-state index in [2.05, 4.69) is 4.98 Å². The van der Waals surface area contributed by atoms with Crippen molar-refractivity contribution in [1.82, 2.24) is 4.98 Å². The molecule has 1 heterocycles. The molecular weight excluding hydrogens is 425 g/mol. The van der Waals surface area contributed by atoms with Gasteiger partial charge in [-0.05, 0) is 64.6 Å². The highest BCUT2D eigenvalue weighted by molar-refractivity contribution is 6.03. The Balaban J connectivity index is 1.53.